The van der Waals surface area contributed by atoms with Crippen molar-refractivity contribution < 1.29 is 14.6 Å². The van der Waals surface area contributed by atoms with Gasteiger partial charge in [-0.2, -0.15) is 0 Å². The molecule has 1 aliphatic carbocycles. The van der Waals surface area contributed by atoms with E-state index in [1.165, 1.54) is 12.0 Å². The Morgan fingerprint density at radius 2 is 1.81 bits per heavy atom. The van der Waals surface area contributed by atoms with Crippen molar-refractivity contribution >= 4 is 0 Å². The van der Waals surface area contributed by atoms with Crippen LogP contribution in [0.1, 0.15) is 37.7 Å². The molecular formula is C17H27NO3. The first-order chi connectivity index (χ1) is 10.2. The number of hydrogen-bond acceptors (Lipinski definition) is 4. The van der Waals surface area contributed by atoms with E-state index in [1.54, 1.807) is 14.2 Å². The Kier molecular flexibility index (Phi) is 5.88. The van der Waals surface area contributed by atoms with Gasteiger partial charge in [0, 0.05) is 6.54 Å². The molecule has 21 heavy (non-hydrogen) atoms. The molecule has 4 nitrogen and oxygen atoms in total. The number of methoxy groups -OCH3 is 2. The summed E-state index contributed by atoms with van der Waals surface area (Å²) in [6.45, 7) is 1.55. The summed E-state index contributed by atoms with van der Waals surface area (Å²) in [6, 6.07) is 6.00. The summed E-state index contributed by atoms with van der Waals surface area (Å²) in [5.41, 5.74) is 0.714. The molecule has 0 spiro atoms. The zero-order chi connectivity index (χ0) is 15.1. The number of rotatable bonds is 7. The van der Waals surface area contributed by atoms with E-state index in [0.717, 1.165) is 50.1 Å². The molecule has 0 unspecified atom stereocenters. The zero-order valence-electron chi connectivity index (χ0n) is 13.2. The Hall–Kier alpha value is -1.26. The summed E-state index contributed by atoms with van der Waals surface area (Å²) < 4.78 is 10.5. The van der Waals surface area contributed by atoms with Crippen molar-refractivity contribution in [1.82, 2.24) is 5.32 Å². The van der Waals surface area contributed by atoms with Gasteiger partial charge in [-0.1, -0.05) is 25.3 Å². The van der Waals surface area contributed by atoms with E-state index >= 15 is 0 Å². The molecule has 0 aromatic heterocycles. The van der Waals surface area contributed by atoms with Gasteiger partial charge >= 0.3 is 0 Å². The molecular weight excluding hydrogens is 266 g/mol. The Labute approximate surface area is 127 Å². The number of hydrogen-bond donors (Lipinski definition) is 2. The maximum Gasteiger partial charge on any atom is 0.160 e. The van der Waals surface area contributed by atoms with Crippen LogP contribution in [0.4, 0.5) is 0 Å². The molecule has 1 fully saturated rings. The molecule has 0 saturated heterocycles. The van der Waals surface area contributed by atoms with Gasteiger partial charge < -0.3 is 19.9 Å². The monoisotopic (exact) mass is 293 g/mol. The lowest BCUT2D eigenvalue weighted by Gasteiger charge is -2.32. The average molecular weight is 293 g/mol. The standard InChI is InChI=1S/C17H27NO3/c1-20-15-7-6-14(12-16(15)21-2)8-11-18-13-17(19)9-4-3-5-10-17/h6-7,12,18-19H,3-5,8-11,13H2,1-2H3. The predicted molar refractivity (Wildman–Crippen MR) is 84.2 cm³/mol. The van der Waals surface area contributed by atoms with Crippen molar-refractivity contribution in [2.75, 3.05) is 27.3 Å². The third-order valence-electron chi connectivity index (χ3n) is 4.28. The predicted octanol–water partition coefficient (Wildman–Crippen LogP) is 2.53. The average Bonchev–Trinajstić information content (AvgIpc) is 2.52. The zero-order valence-corrected chi connectivity index (χ0v) is 13.2. The molecule has 0 atom stereocenters. The fourth-order valence-corrected chi connectivity index (χ4v) is 2.98. The van der Waals surface area contributed by atoms with Crippen molar-refractivity contribution in [2.45, 2.75) is 44.1 Å². The minimum Gasteiger partial charge on any atom is -0.493 e. The Morgan fingerprint density at radius 3 is 2.48 bits per heavy atom. The fourth-order valence-electron chi connectivity index (χ4n) is 2.98. The van der Waals surface area contributed by atoms with Crippen LogP contribution in [-0.2, 0) is 6.42 Å². The fraction of sp³-hybridized carbons (Fsp3) is 0.647. The second kappa shape index (κ2) is 7.66. The topological polar surface area (TPSA) is 50.7 Å². The number of nitrogens with one attached hydrogen (secondary N) is 1. The highest BCUT2D eigenvalue weighted by Gasteiger charge is 2.28. The van der Waals surface area contributed by atoms with Gasteiger partial charge in [-0.15, -0.1) is 0 Å². The van der Waals surface area contributed by atoms with Crippen molar-refractivity contribution in [3.8, 4) is 11.5 Å². The normalized spacial score (nSPS) is 17.5. The molecule has 0 aliphatic heterocycles. The van der Waals surface area contributed by atoms with E-state index in [4.69, 9.17) is 9.47 Å². The molecule has 2 N–H and O–H groups in total. The van der Waals surface area contributed by atoms with Gasteiger partial charge in [0.15, 0.2) is 11.5 Å². The summed E-state index contributed by atoms with van der Waals surface area (Å²) in [6.07, 6.45) is 6.32. The maximum atomic E-state index is 10.4. The highest BCUT2D eigenvalue weighted by Crippen LogP contribution is 2.28. The first-order valence-corrected chi connectivity index (χ1v) is 7.81. The first kappa shape index (κ1) is 16.1. The van der Waals surface area contributed by atoms with Crippen LogP contribution in [0.15, 0.2) is 18.2 Å². The number of ether oxygens (including phenoxy) is 2. The SMILES string of the molecule is COc1ccc(CCNCC2(O)CCCCC2)cc1OC. The lowest BCUT2D eigenvalue weighted by molar-refractivity contribution is 0.00517. The molecule has 1 aromatic carbocycles. The van der Waals surface area contributed by atoms with E-state index in [1.807, 2.05) is 12.1 Å². The molecule has 118 valence electrons. The van der Waals surface area contributed by atoms with Crippen LogP contribution in [0.5, 0.6) is 11.5 Å². The van der Waals surface area contributed by atoms with Crippen molar-refractivity contribution in [3.63, 3.8) is 0 Å². The van der Waals surface area contributed by atoms with Crippen LogP contribution in [0.3, 0.4) is 0 Å². The third-order valence-corrected chi connectivity index (χ3v) is 4.28. The van der Waals surface area contributed by atoms with E-state index < -0.39 is 5.60 Å². The molecule has 4 heteroatoms. The van der Waals surface area contributed by atoms with Gasteiger partial charge in [-0.25, -0.2) is 0 Å². The van der Waals surface area contributed by atoms with E-state index in [-0.39, 0.29) is 0 Å². The van der Waals surface area contributed by atoms with Crippen molar-refractivity contribution in [3.05, 3.63) is 23.8 Å². The van der Waals surface area contributed by atoms with Crippen LogP contribution in [0.2, 0.25) is 0 Å². The van der Waals surface area contributed by atoms with Crippen LogP contribution >= 0.6 is 0 Å². The summed E-state index contributed by atoms with van der Waals surface area (Å²) in [7, 11) is 3.29. The van der Waals surface area contributed by atoms with Crippen LogP contribution < -0.4 is 14.8 Å². The molecule has 1 saturated carbocycles. The second-order valence-electron chi connectivity index (χ2n) is 5.90. The lowest BCUT2D eigenvalue weighted by Crippen LogP contribution is -2.42. The number of aliphatic hydroxyl groups is 1. The van der Waals surface area contributed by atoms with Crippen molar-refractivity contribution in [1.29, 1.82) is 0 Å². The molecule has 2 rings (SSSR count). The highest BCUT2D eigenvalue weighted by molar-refractivity contribution is 5.42. The summed E-state index contributed by atoms with van der Waals surface area (Å²) >= 11 is 0. The molecule has 0 heterocycles. The van der Waals surface area contributed by atoms with E-state index in [9.17, 15) is 5.11 Å². The number of benzene rings is 1. The third kappa shape index (κ3) is 4.61. The molecule has 0 amide bonds. The molecule has 1 aromatic rings. The van der Waals surface area contributed by atoms with Gasteiger partial charge in [-0.3, -0.25) is 0 Å². The van der Waals surface area contributed by atoms with Gasteiger partial charge in [0.25, 0.3) is 0 Å². The van der Waals surface area contributed by atoms with Gasteiger partial charge in [-0.05, 0) is 43.5 Å². The van der Waals surface area contributed by atoms with Gasteiger partial charge in [0.05, 0.1) is 19.8 Å². The molecule has 0 radical (unpaired) electrons. The largest absolute Gasteiger partial charge is 0.493 e. The van der Waals surface area contributed by atoms with Crippen molar-refractivity contribution in [2.24, 2.45) is 0 Å². The Balaban J connectivity index is 1.78. The Bertz CT molecular complexity index is 442. The minimum atomic E-state index is -0.490. The van der Waals surface area contributed by atoms with E-state index in [2.05, 4.69) is 11.4 Å². The summed E-state index contributed by atoms with van der Waals surface area (Å²) in [4.78, 5) is 0. The smallest absolute Gasteiger partial charge is 0.160 e. The van der Waals surface area contributed by atoms with E-state index in [0.29, 0.717) is 6.54 Å². The second-order valence-corrected chi connectivity index (χ2v) is 5.90. The van der Waals surface area contributed by atoms with Crippen LogP contribution in [0, 0.1) is 0 Å². The van der Waals surface area contributed by atoms with Crippen LogP contribution in [-0.4, -0.2) is 38.0 Å². The quantitative estimate of drug-likeness (QED) is 0.759. The molecule has 1 aliphatic rings. The summed E-state index contributed by atoms with van der Waals surface area (Å²) in [5.74, 6) is 1.52. The van der Waals surface area contributed by atoms with Crippen LogP contribution in [0.25, 0.3) is 0 Å². The first-order valence-electron chi connectivity index (χ1n) is 7.81. The van der Waals surface area contributed by atoms with Gasteiger partial charge in [0.1, 0.15) is 0 Å². The lowest BCUT2D eigenvalue weighted by atomic mass is 9.85. The van der Waals surface area contributed by atoms with Gasteiger partial charge in [0.2, 0.25) is 0 Å². The molecule has 0 bridgehead atoms. The highest BCUT2D eigenvalue weighted by atomic mass is 16.5. The Morgan fingerprint density at radius 1 is 1.10 bits per heavy atom. The minimum absolute atomic E-state index is 0.490. The summed E-state index contributed by atoms with van der Waals surface area (Å²) in [5, 5.41) is 13.8. The maximum absolute atomic E-state index is 10.4.